The van der Waals surface area contributed by atoms with Crippen LogP contribution in [0.25, 0.3) is 11.2 Å². The summed E-state index contributed by atoms with van der Waals surface area (Å²) in [5.74, 6) is -0.997. The molecule has 27 heteroatoms. The molecule has 23 nitrogen and oxygen atoms in total. The molecule has 3 aromatic heterocycles. The molecule has 0 radical (unpaired) electrons. The minimum atomic E-state index is -4.88. The number of nitrogens with one attached hydrogen (secondary N) is 3. The maximum Gasteiger partial charge on any atom is 0.530 e. The number of aromatic amines is 2. The zero-order valence-corrected chi connectivity index (χ0v) is 38.4. The number of nitriles is 1. The summed E-state index contributed by atoms with van der Waals surface area (Å²) in [6.07, 6.45) is -5.46. The number of aryl methyl sites for hydroxylation is 1. The molecule has 5 heterocycles. The predicted molar refractivity (Wildman–Crippen MR) is 233 cm³/mol. The third kappa shape index (κ3) is 11.7. The molecule has 2 aliphatic rings. The summed E-state index contributed by atoms with van der Waals surface area (Å²) >= 11 is 12.1. The van der Waals surface area contributed by atoms with Crippen molar-refractivity contribution < 1.29 is 55.6 Å². The highest BCUT2D eigenvalue weighted by Crippen LogP contribution is 2.56. The Balaban J connectivity index is 1.18. The van der Waals surface area contributed by atoms with E-state index < -0.39 is 94.4 Å². The lowest BCUT2D eigenvalue weighted by atomic mass is 10.2. The Morgan fingerprint density at radius 3 is 2.08 bits per heavy atom. The lowest BCUT2D eigenvalue weighted by molar-refractivity contribution is -0.118. The first-order valence-corrected chi connectivity index (χ1v) is 23.8. The maximum atomic E-state index is 14.9. The number of rotatable bonds is 19. The highest BCUT2D eigenvalue weighted by Gasteiger charge is 2.48. The second kappa shape index (κ2) is 20.8. The van der Waals surface area contributed by atoms with Gasteiger partial charge in [0.05, 0.1) is 38.6 Å². The Morgan fingerprint density at radius 2 is 1.48 bits per heavy atom. The van der Waals surface area contributed by atoms with Crippen molar-refractivity contribution in [2.24, 2.45) is 5.92 Å². The lowest BCUT2D eigenvalue weighted by Gasteiger charge is -2.27. The number of aliphatic hydroxyl groups excluding tert-OH is 1. The number of amides is 1. The molecule has 2 aromatic carbocycles. The molecular formula is C39H42Cl2N8O15P2. The van der Waals surface area contributed by atoms with Crippen molar-refractivity contribution in [2.75, 3.05) is 25.1 Å². The van der Waals surface area contributed by atoms with Crippen molar-refractivity contribution in [1.82, 2.24) is 29.1 Å². The molecular weight excluding hydrogens is 953 g/mol. The molecule has 352 valence electrons. The van der Waals surface area contributed by atoms with Gasteiger partial charge in [-0.2, -0.15) is 10.2 Å². The number of fused-ring (bicyclic) bond motifs is 1. The highest BCUT2D eigenvalue weighted by molar-refractivity contribution is 7.49. The summed E-state index contributed by atoms with van der Waals surface area (Å²) in [6, 6.07) is 13.3. The molecule has 5 aromatic rings. The van der Waals surface area contributed by atoms with Gasteiger partial charge in [0.2, 0.25) is 11.9 Å². The van der Waals surface area contributed by atoms with E-state index in [9.17, 15) is 38.7 Å². The summed E-state index contributed by atoms with van der Waals surface area (Å²) in [5.41, 5.74) is -2.07. The molecule has 0 spiro atoms. The van der Waals surface area contributed by atoms with Gasteiger partial charge in [-0.15, -0.1) is 0 Å². The largest absolute Gasteiger partial charge is 0.530 e. The zero-order chi connectivity index (χ0) is 47.3. The number of nitrogens with zero attached hydrogens (tertiary/aromatic N) is 5. The van der Waals surface area contributed by atoms with E-state index in [0.29, 0.717) is 10.0 Å². The number of phosphoric acid groups is 2. The van der Waals surface area contributed by atoms with Crippen LogP contribution in [0.4, 0.5) is 5.95 Å². The van der Waals surface area contributed by atoms with Crippen molar-refractivity contribution >= 4 is 61.9 Å². The fourth-order valence-corrected chi connectivity index (χ4v) is 9.72. The lowest BCUT2D eigenvalue weighted by Crippen LogP contribution is -2.33. The van der Waals surface area contributed by atoms with Crippen LogP contribution >= 0.6 is 38.8 Å². The fourth-order valence-electron chi connectivity index (χ4n) is 6.64. The third-order valence-corrected chi connectivity index (χ3v) is 13.4. The molecule has 4 N–H and O–H groups in total. The quantitative estimate of drug-likeness (QED) is 0.0583. The van der Waals surface area contributed by atoms with Crippen LogP contribution in [-0.2, 0) is 41.5 Å². The number of anilines is 1. The molecule has 66 heavy (non-hydrogen) atoms. The summed E-state index contributed by atoms with van der Waals surface area (Å²) < 4.78 is 79.1. The highest BCUT2D eigenvalue weighted by atomic mass is 35.5. The minimum absolute atomic E-state index is 0.0155. The number of aromatic nitrogens is 6. The summed E-state index contributed by atoms with van der Waals surface area (Å²) in [7, 11) is -9.55. The van der Waals surface area contributed by atoms with Crippen molar-refractivity contribution in [3.8, 4) is 17.6 Å². The van der Waals surface area contributed by atoms with Crippen LogP contribution in [0.15, 0.2) is 75.4 Å². The van der Waals surface area contributed by atoms with Crippen LogP contribution in [0, 0.1) is 24.2 Å². The predicted octanol–water partition coefficient (Wildman–Crippen LogP) is 5.54. The second-order valence-corrected chi connectivity index (χ2v) is 19.0. The smallest absolute Gasteiger partial charge is 0.404 e. The van der Waals surface area contributed by atoms with Crippen LogP contribution in [0.1, 0.15) is 51.1 Å². The number of halogens is 2. The molecule has 8 atom stereocenters. The number of ether oxygens (including phenoxy) is 2. The SMILES string of the molecule is Cc1cn([C@@H]2C[C@H](O[P@](=O)(OCCC#N)Oc3ccc(Cl)cc3)[C@H](CO[P@](=O)(Oc3ccc(Cl)cc3)O[C@@H]3C[C@@H](n4cnc5c(=O)[nH]c(NC(=O)C(C)C)nc54)O[C@H]3CO)O2)c(=O)[nH]c1=O. The Hall–Kier alpha value is -5.21. The number of imidazole rings is 1. The molecule has 0 bridgehead atoms. The molecule has 2 saturated heterocycles. The Labute approximate surface area is 384 Å². The molecule has 0 unspecified atom stereocenters. The monoisotopic (exact) mass is 994 g/mol. The van der Waals surface area contributed by atoms with Crippen molar-refractivity contribution in [3.63, 3.8) is 0 Å². The first-order valence-electron chi connectivity index (χ1n) is 20.1. The summed E-state index contributed by atoms with van der Waals surface area (Å²) in [6.45, 7) is 3.02. The van der Waals surface area contributed by atoms with Crippen molar-refractivity contribution in [1.29, 1.82) is 5.26 Å². The average Bonchev–Trinajstić information content (AvgIpc) is 4.00. The number of hydrogen-bond acceptors (Lipinski definition) is 18. The van der Waals surface area contributed by atoms with Crippen LogP contribution < -0.4 is 31.2 Å². The molecule has 2 fully saturated rings. The maximum absolute atomic E-state index is 14.9. The number of carbonyl (C=O) groups is 1. The summed E-state index contributed by atoms with van der Waals surface area (Å²) in [4.78, 5) is 63.8. The molecule has 0 saturated carbocycles. The standard InChI is InChI=1S/C39H42Cl2N8O15P2/c1-21(2)35(51)45-38-44-34-33(37(53)46-38)43-20-49(34)32-15-27(29(18-50)59-32)63-66(56,62-26-11-7-24(41)8-12-26)58-19-30-28(16-31(60-30)48-17-22(3)36(52)47-39(48)54)64-65(55,57-14-4-13-42)61-25-9-5-23(40)6-10-25/h5-12,17,20-21,27-32,50H,4,14-16,18-19H2,1-3H3,(H,47,52,54)(H2,44,45,46,51,53)/t27-,28+,29+,30+,31+,32+,65-,66-/m1/s1. The first-order chi connectivity index (χ1) is 31.4. The number of H-pyrrole nitrogens is 2. The number of carbonyl (C=O) groups excluding carboxylic acids is 1. The Bertz CT molecular complexity index is 2870. The van der Waals surface area contributed by atoms with E-state index >= 15 is 0 Å². The fraction of sp³-hybridized carbons (Fsp3) is 0.410. The Morgan fingerprint density at radius 1 is 0.909 bits per heavy atom. The normalized spacial score (nSPS) is 22.5. The van der Waals surface area contributed by atoms with E-state index in [1.807, 2.05) is 6.07 Å². The van der Waals surface area contributed by atoms with E-state index in [0.717, 1.165) is 4.57 Å². The van der Waals surface area contributed by atoms with Crippen LogP contribution in [0.2, 0.25) is 10.0 Å². The van der Waals surface area contributed by atoms with E-state index in [2.05, 4.69) is 25.3 Å². The van der Waals surface area contributed by atoms with Gasteiger partial charge >= 0.3 is 21.3 Å². The van der Waals surface area contributed by atoms with Gasteiger partial charge in [0.15, 0.2) is 11.2 Å². The van der Waals surface area contributed by atoms with Gasteiger partial charge in [-0.3, -0.25) is 56.9 Å². The Kier molecular flexibility index (Phi) is 15.3. The number of aliphatic hydroxyl groups is 1. The number of hydrogen-bond donors (Lipinski definition) is 4. The van der Waals surface area contributed by atoms with Gasteiger partial charge < -0.3 is 23.6 Å². The van der Waals surface area contributed by atoms with Gasteiger partial charge in [0.25, 0.3) is 11.1 Å². The molecule has 2 aliphatic heterocycles. The van der Waals surface area contributed by atoms with Crippen molar-refractivity contribution in [2.45, 2.75) is 76.9 Å². The minimum Gasteiger partial charge on any atom is -0.404 e. The van der Waals surface area contributed by atoms with Gasteiger partial charge in [-0.1, -0.05) is 37.0 Å². The van der Waals surface area contributed by atoms with Crippen LogP contribution in [0.3, 0.4) is 0 Å². The van der Waals surface area contributed by atoms with E-state index in [-0.39, 0.29) is 60.0 Å². The van der Waals surface area contributed by atoms with Gasteiger partial charge in [-0.05, 0) is 55.5 Å². The van der Waals surface area contributed by atoms with Gasteiger partial charge in [-0.25, -0.2) is 18.9 Å². The van der Waals surface area contributed by atoms with Crippen molar-refractivity contribution in [3.05, 3.63) is 108 Å². The van der Waals surface area contributed by atoms with Crippen LogP contribution in [0.5, 0.6) is 11.5 Å². The molecule has 7 rings (SSSR count). The molecule has 1 amide bonds. The zero-order valence-electron chi connectivity index (χ0n) is 35.1. The summed E-state index contributed by atoms with van der Waals surface area (Å²) in [5, 5.41) is 22.8. The van der Waals surface area contributed by atoms with Gasteiger partial charge in [0, 0.05) is 40.6 Å². The van der Waals surface area contributed by atoms with E-state index in [1.165, 1.54) is 72.5 Å². The van der Waals surface area contributed by atoms with E-state index in [1.54, 1.807) is 13.8 Å². The van der Waals surface area contributed by atoms with E-state index in [4.69, 9.17) is 59.8 Å². The topological polar surface area (TPSA) is 300 Å². The average molecular weight is 996 g/mol. The third-order valence-electron chi connectivity index (χ3n) is 9.96. The van der Waals surface area contributed by atoms with Crippen LogP contribution in [-0.4, -0.2) is 84.3 Å². The number of benzene rings is 2. The number of phosphoric ester groups is 2. The molecule has 0 aliphatic carbocycles. The second-order valence-electron chi connectivity index (χ2n) is 15.1. The van der Waals surface area contributed by atoms with Gasteiger partial charge in [0.1, 0.15) is 48.4 Å². The first kappa shape index (κ1) is 48.7.